The molecule has 0 saturated carbocycles. The second kappa shape index (κ2) is 6.28. The van der Waals surface area contributed by atoms with Crippen LogP contribution in [0.2, 0.25) is 5.02 Å². The summed E-state index contributed by atoms with van der Waals surface area (Å²) >= 11 is 5.81. The van der Waals surface area contributed by atoms with Crippen LogP contribution in [0.25, 0.3) is 17.4 Å². The molecule has 0 bridgehead atoms. The van der Waals surface area contributed by atoms with Gasteiger partial charge in [-0.1, -0.05) is 11.6 Å². The lowest BCUT2D eigenvalue weighted by molar-refractivity contribution is -0.134. The standard InChI is InChI=1S/C15H12ClNO4/c1-9(18)17-13(15(19)20)8-12-6-7-14(21-12)10-2-4-11(16)5-3-10/h2-8H,1H3,(H,17,18)(H,19,20). The quantitative estimate of drug-likeness (QED) is 0.850. The maximum Gasteiger partial charge on any atom is 0.352 e. The highest BCUT2D eigenvalue weighted by atomic mass is 35.5. The van der Waals surface area contributed by atoms with E-state index in [0.717, 1.165) is 5.56 Å². The van der Waals surface area contributed by atoms with Gasteiger partial charge < -0.3 is 14.8 Å². The van der Waals surface area contributed by atoms with E-state index in [1.807, 2.05) is 0 Å². The Kier molecular flexibility index (Phi) is 4.45. The average Bonchev–Trinajstić information content (AvgIpc) is 2.87. The van der Waals surface area contributed by atoms with Crippen LogP contribution in [-0.2, 0) is 9.59 Å². The number of carboxylic acid groups (broad SMARTS) is 1. The molecule has 0 unspecified atom stereocenters. The van der Waals surface area contributed by atoms with Crippen LogP contribution in [-0.4, -0.2) is 17.0 Å². The summed E-state index contributed by atoms with van der Waals surface area (Å²) in [4.78, 5) is 22.0. The third kappa shape index (κ3) is 3.97. The SMILES string of the molecule is CC(=O)NC(=Cc1ccc(-c2ccc(Cl)cc2)o1)C(=O)O. The number of benzene rings is 1. The molecule has 1 amide bonds. The van der Waals surface area contributed by atoms with Crippen molar-refractivity contribution in [3.8, 4) is 11.3 Å². The number of hydrogen-bond donors (Lipinski definition) is 2. The molecule has 5 nitrogen and oxygen atoms in total. The summed E-state index contributed by atoms with van der Waals surface area (Å²) in [6.07, 6.45) is 1.25. The fourth-order valence-electron chi connectivity index (χ4n) is 1.68. The molecule has 1 heterocycles. The van der Waals surface area contributed by atoms with Gasteiger partial charge in [-0.15, -0.1) is 0 Å². The predicted molar refractivity (Wildman–Crippen MR) is 78.6 cm³/mol. The van der Waals surface area contributed by atoms with Crippen molar-refractivity contribution < 1.29 is 19.1 Å². The largest absolute Gasteiger partial charge is 0.477 e. The van der Waals surface area contributed by atoms with E-state index in [-0.39, 0.29) is 5.70 Å². The van der Waals surface area contributed by atoms with Gasteiger partial charge >= 0.3 is 5.97 Å². The highest BCUT2D eigenvalue weighted by molar-refractivity contribution is 6.30. The molecule has 2 rings (SSSR count). The summed E-state index contributed by atoms with van der Waals surface area (Å²) in [5, 5.41) is 11.8. The van der Waals surface area contributed by atoms with Gasteiger partial charge in [0.05, 0.1) is 0 Å². The Balaban J connectivity index is 2.28. The molecule has 0 aliphatic rings. The first-order valence-corrected chi connectivity index (χ1v) is 6.42. The Hall–Kier alpha value is -2.53. The fraction of sp³-hybridized carbons (Fsp3) is 0.0667. The number of nitrogens with one attached hydrogen (secondary N) is 1. The van der Waals surface area contributed by atoms with Crippen molar-refractivity contribution in [2.75, 3.05) is 0 Å². The summed E-state index contributed by atoms with van der Waals surface area (Å²) in [6.45, 7) is 1.23. The molecule has 108 valence electrons. The molecule has 1 aromatic carbocycles. The molecule has 2 aromatic rings. The average molecular weight is 306 g/mol. The first-order valence-electron chi connectivity index (χ1n) is 6.04. The summed E-state index contributed by atoms with van der Waals surface area (Å²) in [7, 11) is 0. The molecule has 2 N–H and O–H groups in total. The van der Waals surface area contributed by atoms with Gasteiger partial charge in [0.2, 0.25) is 5.91 Å². The second-order valence-electron chi connectivity index (χ2n) is 4.25. The molecule has 0 saturated heterocycles. The highest BCUT2D eigenvalue weighted by Gasteiger charge is 2.11. The smallest absolute Gasteiger partial charge is 0.352 e. The summed E-state index contributed by atoms with van der Waals surface area (Å²) in [5.74, 6) is -0.806. The molecule has 0 radical (unpaired) electrons. The molecule has 0 spiro atoms. The van der Waals surface area contributed by atoms with Gasteiger partial charge in [-0.05, 0) is 36.4 Å². The first kappa shape index (κ1) is 14.9. The van der Waals surface area contributed by atoms with Crippen molar-refractivity contribution >= 4 is 29.6 Å². The van der Waals surface area contributed by atoms with Gasteiger partial charge in [0.25, 0.3) is 0 Å². The zero-order chi connectivity index (χ0) is 15.4. The van der Waals surface area contributed by atoms with E-state index >= 15 is 0 Å². The van der Waals surface area contributed by atoms with Crippen LogP contribution in [0.4, 0.5) is 0 Å². The Morgan fingerprint density at radius 2 is 1.86 bits per heavy atom. The van der Waals surface area contributed by atoms with Crippen LogP contribution in [0.1, 0.15) is 12.7 Å². The van der Waals surface area contributed by atoms with Gasteiger partial charge in [0.1, 0.15) is 17.2 Å². The molecular formula is C15H12ClNO4. The van der Waals surface area contributed by atoms with E-state index in [9.17, 15) is 9.59 Å². The van der Waals surface area contributed by atoms with Crippen LogP contribution in [0.5, 0.6) is 0 Å². The Bertz CT molecular complexity index is 701. The van der Waals surface area contributed by atoms with Gasteiger partial charge in [-0.3, -0.25) is 4.79 Å². The van der Waals surface area contributed by atoms with Crippen molar-refractivity contribution in [1.29, 1.82) is 0 Å². The van der Waals surface area contributed by atoms with Crippen molar-refractivity contribution in [1.82, 2.24) is 5.32 Å². The number of rotatable bonds is 4. The second-order valence-corrected chi connectivity index (χ2v) is 4.69. The van der Waals surface area contributed by atoms with Crippen LogP contribution < -0.4 is 5.32 Å². The minimum atomic E-state index is -1.24. The van der Waals surface area contributed by atoms with Crippen LogP contribution >= 0.6 is 11.6 Å². The highest BCUT2D eigenvalue weighted by Crippen LogP contribution is 2.24. The number of aliphatic carboxylic acids is 1. The van der Waals surface area contributed by atoms with Crippen LogP contribution in [0, 0.1) is 0 Å². The number of carboxylic acids is 1. The van der Waals surface area contributed by atoms with Crippen molar-refractivity contribution in [2.24, 2.45) is 0 Å². The summed E-state index contributed by atoms with van der Waals surface area (Å²) in [5.41, 5.74) is 0.565. The minimum absolute atomic E-state index is 0.250. The number of hydrogen-bond acceptors (Lipinski definition) is 3. The monoisotopic (exact) mass is 305 g/mol. The number of furan rings is 1. The molecule has 1 aromatic heterocycles. The number of amides is 1. The normalized spacial score (nSPS) is 11.2. The van der Waals surface area contributed by atoms with Gasteiger partial charge in [-0.25, -0.2) is 4.79 Å². The number of halogens is 1. The van der Waals surface area contributed by atoms with E-state index in [1.165, 1.54) is 13.0 Å². The molecule has 0 aliphatic carbocycles. The Morgan fingerprint density at radius 3 is 2.43 bits per heavy atom. The third-order valence-electron chi connectivity index (χ3n) is 2.58. The van der Waals surface area contributed by atoms with Gasteiger partial charge in [-0.2, -0.15) is 0 Å². The molecular weight excluding hydrogens is 294 g/mol. The van der Waals surface area contributed by atoms with Crippen molar-refractivity contribution in [3.63, 3.8) is 0 Å². The van der Waals surface area contributed by atoms with E-state index in [2.05, 4.69) is 5.32 Å². The number of carbonyl (C=O) groups is 2. The van der Waals surface area contributed by atoms with Crippen LogP contribution in [0.15, 0.2) is 46.5 Å². The third-order valence-corrected chi connectivity index (χ3v) is 2.84. The first-order chi connectivity index (χ1) is 9.95. The van der Waals surface area contributed by atoms with Crippen molar-refractivity contribution in [2.45, 2.75) is 6.92 Å². The fourth-order valence-corrected chi connectivity index (χ4v) is 1.81. The summed E-state index contributed by atoms with van der Waals surface area (Å²) < 4.78 is 5.54. The van der Waals surface area contributed by atoms with E-state index in [1.54, 1.807) is 36.4 Å². The zero-order valence-electron chi connectivity index (χ0n) is 11.1. The Morgan fingerprint density at radius 1 is 1.19 bits per heavy atom. The van der Waals surface area contributed by atoms with Gasteiger partial charge in [0, 0.05) is 23.6 Å². The topological polar surface area (TPSA) is 79.5 Å². The number of carbonyl (C=O) groups excluding carboxylic acids is 1. The maximum absolute atomic E-state index is 11.0. The van der Waals surface area contributed by atoms with E-state index in [4.69, 9.17) is 21.1 Å². The van der Waals surface area contributed by atoms with E-state index < -0.39 is 11.9 Å². The summed E-state index contributed by atoms with van der Waals surface area (Å²) in [6, 6.07) is 10.4. The van der Waals surface area contributed by atoms with Crippen molar-refractivity contribution in [3.05, 3.63) is 52.9 Å². The molecule has 21 heavy (non-hydrogen) atoms. The molecule has 0 fully saturated rings. The predicted octanol–water partition coefficient (Wildman–Crippen LogP) is 3.16. The molecule has 0 aliphatic heterocycles. The lowest BCUT2D eigenvalue weighted by Crippen LogP contribution is -2.24. The minimum Gasteiger partial charge on any atom is -0.477 e. The Labute approximate surface area is 125 Å². The molecule has 6 heteroatoms. The maximum atomic E-state index is 11.0. The van der Waals surface area contributed by atoms with Crippen LogP contribution in [0.3, 0.4) is 0 Å². The lowest BCUT2D eigenvalue weighted by Gasteiger charge is -2.01. The lowest BCUT2D eigenvalue weighted by atomic mass is 10.2. The van der Waals surface area contributed by atoms with E-state index in [0.29, 0.717) is 16.5 Å². The van der Waals surface area contributed by atoms with Gasteiger partial charge in [0.15, 0.2) is 0 Å². The molecule has 0 atom stereocenters. The zero-order valence-corrected chi connectivity index (χ0v) is 11.8.